The first-order valence-electron chi connectivity index (χ1n) is 4.66. The quantitative estimate of drug-likeness (QED) is 0.188. The van der Waals surface area contributed by atoms with Crippen molar-refractivity contribution in [3.05, 3.63) is 0 Å². The van der Waals surface area contributed by atoms with E-state index < -0.39 is 0 Å². The highest BCUT2D eigenvalue weighted by Gasteiger charge is 2.42. The number of nitrogens with zero attached hydrogens (tertiary/aromatic N) is 4. The molecule has 2 heterocycles. The molecule has 2 fully saturated rings. The second-order valence-corrected chi connectivity index (χ2v) is 3.85. The van der Waals surface area contributed by atoms with Crippen LogP contribution < -0.4 is 0 Å². The first kappa shape index (κ1) is 9.11. The molecule has 2 aliphatic rings. The Morgan fingerprint density at radius 2 is 1.29 bits per heavy atom. The molecular formula is C8H14N4O2. The van der Waals surface area contributed by atoms with Crippen molar-refractivity contribution in [1.29, 1.82) is 0 Å². The molecule has 2 aliphatic heterocycles. The van der Waals surface area contributed by atoms with Gasteiger partial charge in [0.05, 0.1) is 0 Å². The Morgan fingerprint density at radius 3 is 1.43 bits per heavy atom. The van der Waals surface area contributed by atoms with Crippen LogP contribution in [0.15, 0.2) is 10.3 Å². The first-order chi connectivity index (χ1) is 6.69. The molecule has 0 bridgehead atoms. The Kier molecular flexibility index (Phi) is 1.98. The lowest BCUT2D eigenvalue weighted by Gasteiger charge is -2.09. The van der Waals surface area contributed by atoms with Crippen LogP contribution >= 0.6 is 0 Å². The van der Waals surface area contributed by atoms with Crippen LogP contribution in [0.4, 0.5) is 0 Å². The van der Waals surface area contributed by atoms with Crippen molar-refractivity contribution >= 4 is 11.7 Å². The van der Waals surface area contributed by atoms with Gasteiger partial charge in [-0.05, 0) is 13.8 Å². The molecule has 0 aromatic heterocycles. The Balaban J connectivity index is 2.11. The molecule has 2 rings (SSSR count). The van der Waals surface area contributed by atoms with Gasteiger partial charge in [-0.3, -0.25) is 0 Å². The van der Waals surface area contributed by atoms with Gasteiger partial charge in [0.15, 0.2) is 0 Å². The third-order valence-corrected chi connectivity index (χ3v) is 2.65. The molecule has 2 atom stereocenters. The minimum Gasteiger partial charge on any atom is -0.409 e. The summed E-state index contributed by atoms with van der Waals surface area (Å²) >= 11 is 0. The molecule has 78 valence electrons. The van der Waals surface area contributed by atoms with Gasteiger partial charge in [0.1, 0.15) is 0 Å². The average Bonchev–Trinajstić information content (AvgIpc) is 3.03. The van der Waals surface area contributed by atoms with Gasteiger partial charge in [-0.1, -0.05) is 10.3 Å². The molecule has 0 saturated carbocycles. The maximum absolute atomic E-state index is 8.85. The van der Waals surface area contributed by atoms with E-state index in [1.165, 1.54) is 0 Å². The topological polar surface area (TPSA) is 71.2 Å². The van der Waals surface area contributed by atoms with Gasteiger partial charge in [-0.25, -0.2) is 0 Å². The summed E-state index contributed by atoms with van der Waals surface area (Å²) in [6.45, 7) is 5.74. The normalized spacial score (nSPS) is 32.1. The maximum atomic E-state index is 8.85. The number of hydrogen-bond donors (Lipinski definition) is 2. The van der Waals surface area contributed by atoms with Crippen molar-refractivity contribution < 1.29 is 10.4 Å². The lowest BCUT2D eigenvalue weighted by molar-refractivity contribution is 0.306. The van der Waals surface area contributed by atoms with E-state index >= 15 is 0 Å². The fourth-order valence-electron chi connectivity index (χ4n) is 1.53. The van der Waals surface area contributed by atoms with Crippen LogP contribution in [0, 0.1) is 0 Å². The van der Waals surface area contributed by atoms with Crippen LogP contribution in [0.2, 0.25) is 0 Å². The van der Waals surface area contributed by atoms with Crippen molar-refractivity contribution in [2.75, 3.05) is 13.1 Å². The zero-order chi connectivity index (χ0) is 10.3. The molecule has 0 amide bonds. The molecule has 0 aromatic carbocycles. The van der Waals surface area contributed by atoms with Crippen molar-refractivity contribution in [3.8, 4) is 0 Å². The SMILES string of the molecule is CC1CN1C(=N/O)/C(=N\O)N1CC1C. The van der Waals surface area contributed by atoms with Crippen LogP contribution in [0.25, 0.3) is 0 Å². The number of rotatable bonds is 0. The highest BCUT2D eigenvalue weighted by molar-refractivity contribution is 6.41. The molecule has 0 aliphatic carbocycles. The Bertz CT molecular complexity index is 272. The van der Waals surface area contributed by atoms with E-state index in [0.29, 0.717) is 23.8 Å². The minimum atomic E-state index is 0.365. The van der Waals surface area contributed by atoms with Crippen LogP contribution in [-0.4, -0.2) is 57.1 Å². The van der Waals surface area contributed by atoms with Crippen molar-refractivity contribution in [3.63, 3.8) is 0 Å². The second kappa shape index (κ2) is 3.04. The number of oxime groups is 2. The maximum Gasteiger partial charge on any atom is 0.214 e. The fraction of sp³-hybridized carbons (Fsp3) is 0.750. The average molecular weight is 198 g/mol. The molecule has 6 heteroatoms. The molecule has 0 aromatic rings. The molecule has 6 nitrogen and oxygen atoms in total. The summed E-state index contributed by atoms with van der Waals surface area (Å²) in [5, 5.41) is 24.0. The van der Waals surface area contributed by atoms with E-state index in [0.717, 1.165) is 13.1 Å². The zero-order valence-electron chi connectivity index (χ0n) is 8.25. The summed E-state index contributed by atoms with van der Waals surface area (Å²) in [7, 11) is 0. The van der Waals surface area contributed by atoms with E-state index in [1.54, 1.807) is 0 Å². The van der Waals surface area contributed by atoms with Gasteiger partial charge >= 0.3 is 0 Å². The monoisotopic (exact) mass is 198 g/mol. The molecular weight excluding hydrogens is 184 g/mol. The zero-order valence-corrected chi connectivity index (χ0v) is 8.25. The van der Waals surface area contributed by atoms with Gasteiger partial charge in [0, 0.05) is 25.2 Å². The Morgan fingerprint density at radius 1 is 1.00 bits per heavy atom. The van der Waals surface area contributed by atoms with Gasteiger partial charge in [-0.15, -0.1) is 0 Å². The second-order valence-electron chi connectivity index (χ2n) is 3.85. The minimum absolute atomic E-state index is 0.365. The Labute approximate surface area is 82.1 Å². The van der Waals surface area contributed by atoms with Crippen molar-refractivity contribution in [1.82, 2.24) is 9.80 Å². The smallest absolute Gasteiger partial charge is 0.214 e. The molecule has 0 radical (unpaired) electrons. The van der Waals surface area contributed by atoms with E-state index in [1.807, 2.05) is 23.6 Å². The van der Waals surface area contributed by atoms with E-state index in [2.05, 4.69) is 10.3 Å². The largest absolute Gasteiger partial charge is 0.409 e. The van der Waals surface area contributed by atoms with Crippen LogP contribution in [0.5, 0.6) is 0 Å². The summed E-state index contributed by atoms with van der Waals surface area (Å²) in [4.78, 5) is 3.75. The summed E-state index contributed by atoms with van der Waals surface area (Å²) in [6, 6.07) is 0.737. The Hall–Kier alpha value is -1.46. The summed E-state index contributed by atoms with van der Waals surface area (Å²) in [6.07, 6.45) is 0. The van der Waals surface area contributed by atoms with E-state index in [-0.39, 0.29) is 0 Å². The number of amidine groups is 2. The van der Waals surface area contributed by atoms with E-state index in [4.69, 9.17) is 10.4 Å². The molecule has 2 saturated heterocycles. The fourth-order valence-corrected chi connectivity index (χ4v) is 1.53. The first-order valence-corrected chi connectivity index (χ1v) is 4.66. The summed E-state index contributed by atoms with van der Waals surface area (Å²) in [5.41, 5.74) is 0. The molecule has 2 unspecified atom stereocenters. The number of hydrogen-bond acceptors (Lipinski definition) is 4. The molecule has 2 N–H and O–H groups in total. The summed E-state index contributed by atoms with van der Waals surface area (Å²) < 4.78 is 0. The predicted octanol–water partition coefficient (Wildman–Crippen LogP) is -0.0300. The lowest BCUT2D eigenvalue weighted by atomic mass is 10.5. The van der Waals surface area contributed by atoms with Gasteiger partial charge < -0.3 is 20.2 Å². The molecule has 0 spiro atoms. The van der Waals surface area contributed by atoms with Crippen molar-refractivity contribution in [2.45, 2.75) is 25.9 Å². The highest BCUT2D eigenvalue weighted by atomic mass is 16.4. The van der Waals surface area contributed by atoms with Crippen LogP contribution in [0.1, 0.15) is 13.8 Å². The summed E-state index contributed by atoms with van der Waals surface area (Å²) in [5.74, 6) is 0.730. The third kappa shape index (κ3) is 1.36. The van der Waals surface area contributed by atoms with Gasteiger partial charge in [-0.2, -0.15) is 0 Å². The lowest BCUT2D eigenvalue weighted by Crippen LogP contribution is -2.31. The molecule has 14 heavy (non-hydrogen) atoms. The van der Waals surface area contributed by atoms with Crippen LogP contribution in [-0.2, 0) is 0 Å². The highest BCUT2D eigenvalue weighted by Crippen LogP contribution is 2.23. The van der Waals surface area contributed by atoms with Gasteiger partial charge in [0.2, 0.25) is 11.7 Å². The van der Waals surface area contributed by atoms with Gasteiger partial charge in [0.25, 0.3) is 0 Å². The third-order valence-electron chi connectivity index (χ3n) is 2.65. The standard InChI is InChI=1S/C8H14N4O2/c1-5-3-11(5)7(9-13)8(10-14)12-4-6(12)2/h5-6,13-14H,3-4H2,1-2H3/b9-7+,10-8+. The van der Waals surface area contributed by atoms with Crippen molar-refractivity contribution in [2.24, 2.45) is 10.3 Å². The van der Waals surface area contributed by atoms with E-state index in [9.17, 15) is 0 Å². The predicted molar refractivity (Wildman–Crippen MR) is 50.8 cm³/mol. The van der Waals surface area contributed by atoms with Crippen LogP contribution in [0.3, 0.4) is 0 Å².